The predicted molar refractivity (Wildman–Crippen MR) is 42.3 cm³/mol. The Hall–Kier alpha value is -1.71. The molecule has 4 heteroatoms. The zero-order chi connectivity index (χ0) is 8.39. The maximum absolute atomic E-state index is 4.70. The summed E-state index contributed by atoms with van der Waals surface area (Å²) in [4.78, 5) is 8.16. The lowest BCUT2D eigenvalue weighted by atomic mass is 10.3. The molecular formula is C8H7N3O. The minimum absolute atomic E-state index is 0.732. The zero-order valence-corrected chi connectivity index (χ0v) is 6.56. The van der Waals surface area contributed by atoms with E-state index >= 15 is 0 Å². The van der Waals surface area contributed by atoms with Gasteiger partial charge in [-0.25, -0.2) is 9.97 Å². The third-order valence-electron chi connectivity index (χ3n) is 1.48. The number of aryl methyl sites for hydroxylation is 1. The maximum atomic E-state index is 4.70. The monoisotopic (exact) mass is 161 g/mol. The van der Waals surface area contributed by atoms with Crippen molar-refractivity contribution < 1.29 is 4.52 Å². The molecular weight excluding hydrogens is 154 g/mol. The normalized spacial score (nSPS) is 10.1. The van der Waals surface area contributed by atoms with E-state index in [9.17, 15) is 0 Å². The van der Waals surface area contributed by atoms with Gasteiger partial charge in [-0.3, -0.25) is 0 Å². The lowest BCUT2D eigenvalue weighted by molar-refractivity contribution is 0.422. The van der Waals surface area contributed by atoms with Crippen LogP contribution in [0, 0.1) is 6.92 Å². The van der Waals surface area contributed by atoms with Gasteiger partial charge in [0.15, 0.2) is 0 Å². The molecule has 0 unspecified atom stereocenters. The number of hydrogen-bond donors (Lipinski definition) is 0. The van der Waals surface area contributed by atoms with Crippen LogP contribution >= 0.6 is 0 Å². The number of aromatic nitrogens is 3. The standard InChI is InChI=1S/C8H7N3O/c1-6-9-4-2-7(10-6)8-3-5-12-11-8/h2-5H,1H3. The Morgan fingerprint density at radius 2 is 2.17 bits per heavy atom. The van der Waals surface area contributed by atoms with Crippen LogP contribution in [0.4, 0.5) is 0 Å². The first-order valence-corrected chi connectivity index (χ1v) is 3.56. The molecule has 0 spiro atoms. The molecule has 2 aromatic heterocycles. The molecule has 0 fully saturated rings. The molecule has 0 aliphatic rings. The molecule has 4 nitrogen and oxygen atoms in total. The predicted octanol–water partition coefficient (Wildman–Crippen LogP) is 1.44. The van der Waals surface area contributed by atoms with Crippen molar-refractivity contribution in [1.29, 1.82) is 0 Å². The third kappa shape index (κ3) is 1.18. The van der Waals surface area contributed by atoms with Crippen LogP contribution < -0.4 is 0 Å². The van der Waals surface area contributed by atoms with Gasteiger partial charge in [-0.2, -0.15) is 0 Å². The van der Waals surface area contributed by atoms with Crippen LogP contribution in [0.25, 0.3) is 11.4 Å². The van der Waals surface area contributed by atoms with Crippen LogP contribution in [-0.2, 0) is 0 Å². The summed E-state index contributed by atoms with van der Waals surface area (Å²) in [5.41, 5.74) is 1.52. The molecule has 2 rings (SSSR count). The summed E-state index contributed by atoms with van der Waals surface area (Å²) >= 11 is 0. The molecule has 0 bridgehead atoms. The van der Waals surface area contributed by atoms with Gasteiger partial charge >= 0.3 is 0 Å². The smallest absolute Gasteiger partial charge is 0.132 e. The second-order valence-corrected chi connectivity index (χ2v) is 2.37. The van der Waals surface area contributed by atoms with Gasteiger partial charge in [0, 0.05) is 12.3 Å². The molecule has 0 saturated heterocycles. The summed E-state index contributed by atoms with van der Waals surface area (Å²) in [5.74, 6) is 0.732. The average Bonchev–Trinajstić information content (AvgIpc) is 2.56. The summed E-state index contributed by atoms with van der Waals surface area (Å²) < 4.78 is 4.70. The second kappa shape index (κ2) is 2.73. The van der Waals surface area contributed by atoms with E-state index < -0.39 is 0 Å². The van der Waals surface area contributed by atoms with Crippen LogP contribution in [0.3, 0.4) is 0 Å². The topological polar surface area (TPSA) is 51.8 Å². The van der Waals surface area contributed by atoms with E-state index in [4.69, 9.17) is 4.52 Å². The van der Waals surface area contributed by atoms with Crippen molar-refractivity contribution in [1.82, 2.24) is 15.1 Å². The molecule has 0 atom stereocenters. The van der Waals surface area contributed by atoms with E-state index in [-0.39, 0.29) is 0 Å². The summed E-state index contributed by atoms with van der Waals surface area (Å²) in [5, 5.41) is 3.76. The molecule has 0 aliphatic heterocycles. The molecule has 0 radical (unpaired) electrons. The van der Waals surface area contributed by atoms with Crippen molar-refractivity contribution in [3.05, 3.63) is 30.4 Å². The summed E-state index contributed by atoms with van der Waals surface area (Å²) in [6.07, 6.45) is 3.22. The second-order valence-electron chi connectivity index (χ2n) is 2.37. The van der Waals surface area contributed by atoms with E-state index in [0.717, 1.165) is 17.2 Å². The Labute approximate surface area is 69.3 Å². The first kappa shape index (κ1) is 6.97. The highest BCUT2D eigenvalue weighted by atomic mass is 16.5. The first-order chi connectivity index (χ1) is 5.86. The fraction of sp³-hybridized carbons (Fsp3) is 0.125. The van der Waals surface area contributed by atoms with Crippen molar-refractivity contribution in [3.63, 3.8) is 0 Å². The SMILES string of the molecule is Cc1nccc(-c2ccon2)n1. The quantitative estimate of drug-likeness (QED) is 0.635. The van der Waals surface area contributed by atoms with Crippen LogP contribution in [0.1, 0.15) is 5.82 Å². The third-order valence-corrected chi connectivity index (χ3v) is 1.48. The molecule has 0 N–H and O–H groups in total. The lowest BCUT2D eigenvalue weighted by Crippen LogP contribution is -1.89. The van der Waals surface area contributed by atoms with Gasteiger partial charge in [0.2, 0.25) is 0 Å². The highest BCUT2D eigenvalue weighted by molar-refractivity contribution is 5.51. The van der Waals surface area contributed by atoms with Crippen molar-refractivity contribution in [2.45, 2.75) is 6.92 Å². The Morgan fingerprint density at radius 3 is 2.83 bits per heavy atom. The number of hydrogen-bond acceptors (Lipinski definition) is 4. The molecule has 12 heavy (non-hydrogen) atoms. The van der Waals surface area contributed by atoms with Crippen LogP contribution in [0.15, 0.2) is 29.1 Å². The maximum Gasteiger partial charge on any atom is 0.132 e. The Balaban J connectivity index is 2.48. The first-order valence-electron chi connectivity index (χ1n) is 3.56. The van der Waals surface area contributed by atoms with Gasteiger partial charge in [0.25, 0.3) is 0 Å². The highest BCUT2D eigenvalue weighted by Gasteiger charge is 2.01. The van der Waals surface area contributed by atoms with Gasteiger partial charge in [-0.05, 0) is 13.0 Å². The van der Waals surface area contributed by atoms with Gasteiger partial charge in [-0.1, -0.05) is 5.16 Å². The fourth-order valence-electron chi connectivity index (χ4n) is 0.944. The van der Waals surface area contributed by atoms with Crippen molar-refractivity contribution >= 4 is 0 Å². The van der Waals surface area contributed by atoms with Crippen molar-refractivity contribution in [3.8, 4) is 11.4 Å². The summed E-state index contributed by atoms with van der Waals surface area (Å²) in [6, 6.07) is 3.56. The van der Waals surface area contributed by atoms with Crippen molar-refractivity contribution in [2.24, 2.45) is 0 Å². The van der Waals surface area contributed by atoms with Crippen LogP contribution in [-0.4, -0.2) is 15.1 Å². The number of rotatable bonds is 1. The Kier molecular flexibility index (Phi) is 1.59. The molecule has 0 aromatic carbocycles. The molecule has 2 heterocycles. The summed E-state index contributed by atoms with van der Waals surface area (Å²) in [7, 11) is 0. The van der Waals surface area contributed by atoms with E-state index in [1.807, 2.05) is 6.92 Å². The van der Waals surface area contributed by atoms with Gasteiger partial charge in [-0.15, -0.1) is 0 Å². The number of nitrogens with zero attached hydrogens (tertiary/aromatic N) is 3. The van der Waals surface area contributed by atoms with Gasteiger partial charge in [0.1, 0.15) is 17.8 Å². The summed E-state index contributed by atoms with van der Waals surface area (Å²) in [6.45, 7) is 1.84. The fourth-order valence-corrected chi connectivity index (χ4v) is 0.944. The minimum atomic E-state index is 0.732. The van der Waals surface area contributed by atoms with Crippen LogP contribution in [0.5, 0.6) is 0 Å². The molecule has 0 aliphatic carbocycles. The van der Waals surface area contributed by atoms with E-state index in [1.165, 1.54) is 6.26 Å². The molecule has 0 saturated carbocycles. The van der Waals surface area contributed by atoms with E-state index in [1.54, 1.807) is 18.3 Å². The largest absolute Gasteiger partial charge is 0.364 e. The Bertz CT molecular complexity index is 370. The van der Waals surface area contributed by atoms with E-state index in [2.05, 4.69) is 15.1 Å². The highest BCUT2D eigenvalue weighted by Crippen LogP contribution is 2.12. The minimum Gasteiger partial charge on any atom is -0.364 e. The molecule has 0 amide bonds. The van der Waals surface area contributed by atoms with Gasteiger partial charge in [0.05, 0.1) is 5.69 Å². The zero-order valence-electron chi connectivity index (χ0n) is 6.56. The van der Waals surface area contributed by atoms with Crippen LogP contribution in [0.2, 0.25) is 0 Å². The average molecular weight is 161 g/mol. The lowest BCUT2D eigenvalue weighted by Gasteiger charge is -1.94. The Morgan fingerprint density at radius 1 is 1.25 bits per heavy atom. The van der Waals surface area contributed by atoms with E-state index in [0.29, 0.717) is 0 Å². The molecule has 60 valence electrons. The molecule has 2 aromatic rings. The van der Waals surface area contributed by atoms with Gasteiger partial charge < -0.3 is 4.52 Å². The van der Waals surface area contributed by atoms with Crippen molar-refractivity contribution in [2.75, 3.05) is 0 Å².